The van der Waals surface area contributed by atoms with Crippen LogP contribution in [0, 0.1) is 0 Å². The van der Waals surface area contributed by atoms with E-state index in [-0.39, 0.29) is 24.2 Å². The molecule has 0 saturated carbocycles. The molecule has 1 aliphatic heterocycles. The number of carbonyl (C=O) groups is 2. The number of benzene rings is 1. The zero-order chi connectivity index (χ0) is 15.9. The highest BCUT2D eigenvalue weighted by atomic mass is 35.5. The van der Waals surface area contributed by atoms with E-state index in [0.29, 0.717) is 44.0 Å². The lowest BCUT2D eigenvalue weighted by Gasteiger charge is -2.27. The summed E-state index contributed by atoms with van der Waals surface area (Å²) in [6, 6.07) is 6.43. The standard InChI is InChI=1S/C16H23N3O3.ClH/c1-2-4-14(17)15(20)18-13-6-3-5-12(11-13)16(21)19-7-9-22-10-8-19;/h3,5-6,11,14H,2,4,7-10,17H2,1H3,(H,18,20);1H. The number of nitrogens with two attached hydrogens (primary N) is 1. The molecule has 1 saturated heterocycles. The normalized spacial score (nSPS) is 15.5. The molecule has 0 bridgehead atoms. The number of carbonyl (C=O) groups excluding carboxylic acids is 2. The van der Waals surface area contributed by atoms with Gasteiger partial charge in [0.15, 0.2) is 0 Å². The van der Waals surface area contributed by atoms with Crippen molar-refractivity contribution >= 4 is 29.9 Å². The zero-order valence-electron chi connectivity index (χ0n) is 13.3. The number of anilines is 1. The highest BCUT2D eigenvalue weighted by Crippen LogP contribution is 2.14. The van der Waals surface area contributed by atoms with Crippen molar-refractivity contribution in [1.82, 2.24) is 4.90 Å². The molecule has 0 aromatic heterocycles. The number of hydrogen-bond donors (Lipinski definition) is 2. The van der Waals surface area contributed by atoms with Crippen molar-refractivity contribution in [3.63, 3.8) is 0 Å². The molecule has 7 heteroatoms. The van der Waals surface area contributed by atoms with Gasteiger partial charge in [-0.15, -0.1) is 12.4 Å². The third kappa shape index (κ3) is 5.49. The van der Waals surface area contributed by atoms with Gasteiger partial charge in [0.25, 0.3) is 5.91 Å². The lowest BCUT2D eigenvalue weighted by Crippen LogP contribution is -2.40. The first-order chi connectivity index (χ1) is 10.6. The van der Waals surface area contributed by atoms with E-state index in [2.05, 4.69) is 5.32 Å². The summed E-state index contributed by atoms with van der Waals surface area (Å²) >= 11 is 0. The third-order valence-corrected chi connectivity index (χ3v) is 3.61. The Labute approximate surface area is 142 Å². The molecular weight excluding hydrogens is 318 g/mol. The van der Waals surface area contributed by atoms with Crippen LogP contribution in [0.15, 0.2) is 24.3 Å². The second-order valence-electron chi connectivity index (χ2n) is 5.37. The van der Waals surface area contributed by atoms with E-state index in [1.807, 2.05) is 6.92 Å². The Kier molecular flexibility index (Phi) is 8.02. The van der Waals surface area contributed by atoms with Crippen LogP contribution in [0.5, 0.6) is 0 Å². The van der Waals surface area contributed by atoms with E-state index >= 15 is 0 Å². The molecule has 3 N–H and O–H groups in total. The Bertz CT molecular complexity index is 533. The van der Waals surface area contributed by atoms with Crippen molar-refractivity contribution in [2.24, 2.45) is 5.73 Å². The Balaban J connectivity index is 0.00000264. The van der Waals surface area contributed by atoms with Crippen molar-refractivity contribution in [3.8, 4) is 0 Å². The van der Waals surface area contributed by atoms with Gasteiger partial charge in [-0.05, 0) is 24.6 Å². The maximum Gasteiger partial charge on any atom is 0.254 e. The summed E-state index contributed by atoms with van der Waals surface area (Å²) in [6.45, 7) is 4.30. The molecular formula is C16H24ClN3O3. The Morgan fingerprint density at radius 3 is 2.70 bits per heavy atom. The van der Waals surface area contributed by atoms with Gasteiger partial charge in [-0.2, -0.15) is 0 Å². The molecule has 1 aromatic rings. The van der Waals surface area contributed by atoms with E-state index in [1.165, 1.54) is 0 Å². The lowest BCUT2D eigenvalue weighted by atomic mass is 10.1. The fraction of sp³-hybridized carbons (Fsp3) is 0.500. The van der Waals surface area contributed by atoms with Gasteiger partial charge in [-0.25, -0.2) is 0 Å². The monoisotopic (exact) mass is 341 g/mol. The second kappa shape index (κ2) is 9.50. The Morgan fingerprint density at radius 1 is 1.35 bits per heavy atom. The van der Waals surface area contributed by atoms with Gasteiger partial charge in [0.1, 0.15) is 0 Å². The van der Waals surface area contributed by atoms with Crippen LogP contribution < -0.4 is 11.1 Å². The summed E-state index contributed by atoms with van der Waals surface area (Å²) in [5, 5.41) is 2.77. The SMILES string of the molecule is CCCC(N)C(=O)Nc1cccc(C(=O)N2CCOCC2)c1.Cl. The lowest BCUT2D eigenvalue weighted by molar-refractivity contribution is -0.117. The largest absolute Gasteiger partial charge is 0.378 e. The minimum Gasteiger partial charge on any atom is -0.378 e. The third-order valence-electron chi connectivity index (χ3n) is 3.61. The summed E-state index contributed by atoms with van der Waals surface area (Å²) in [5.41, 5.74) is 6.94. The molecule has 1 fully saturated rings. The second-order valence-corrected chi connectivity index (χ2v) is 5.37. The van der Waals surface area contributed by atoms with E-state index in [9.17, 15) is 9.59 Å². The fourth-order valence-corrected chi connectivity index (χ4v) is 2.36. The Morgan fingerprint density at radius 2 is 2.04 bits per heavy atom. The summed E-state index contributed by atoms with van der Waals surface area (Å²) in [6.07, 6.45) is 1.49. The summed E-state index contributed by atoms with van der Waals surface area (Å²) < 4.78 is 5.25. The van der Waals surface area contributed by atoms with Crippen molar-refractivity contribution in [2.75, 3.05) is 31.6 Å². The number of hydrogen-bond acceptors (Lipinski definition) is 4. The van der Waals surface area contributed by atoms with Gasteiger partial charge >= 0.3 is 0 Å². The molecule has 2 amide bonds. The molecule has 1 unspecified atom stereocenters. The van der Waals surface area contributed by atoms with Crippen LogP contribution in [-0.2, 0) is 9.53 Å². The molecule has 1 aliphatic rings. The van der Waals surface area contributed by atoms with Crippen LogP contribution in [0.1, 0.15) is 30.1 Å². The summed E-state index contributed by atoms with van der Waals surface area (Å²) in [4.78, 5) is 26.1. The maximum atomic E-state index is 12.4. The minimum absolute atomic E-state index is 0. The molecule has 1 heterocycles. The van der Waals surface area contributed by atoms with Gasteiger partial charge in [-0.1, -0.05) is 19.4 Å². The van der Waals surface area contributed by atoms with E-state index in [4.69, 9.17) is 10.5 Å². The average Bonchev–Trinajstić information content (AvgIpc) is 2.55. The molecule has 128 valence electrons. The predicted octanol–water partition coefficient (Wildman–Crippen LogP) is 1.65. The predicted molar refractivity (Wildman–Crippen MR) is 91.9 cm³/mol. The quantitative estimate of drug-likeness (QED) is 0.852. The van der Waals surface area contributed by atoms with Crippen molar-refractivity contribution < 1.29 is 14.3 Å². The maximum absolute atomic E-state index is 12.4. The number of halogens is 1. The van der Waals surface area contributed by atoms with E-state index in [1.54, 1.807) is 29.2 Å². The highest BCUT2D eigenvalue weighted by molar-refractivity contribution is 5.98. The molecule has 1 atom stereocenters. The Hall–Kier alpha value is -1.63. The minimum atomic E-state index is -0.524. The summed E-state index contributed by atoms with van der Waals surface area (Å²) in [5.74, 6) is -0.268. The smallest absolute Gasteiger partial charge is 0.254 e. The van der Waals surface area contributed by atoms with Crippen LogP contribution in [0.4, 0.5) is 5.69 Å². The number of nitrogens with zero attached hydrogens (tertiary/aromatic N) is 1. The molecule has 0 spiro atoms. The van der Waals surface area contributed by atoms with Gasteiger partial charge in [0, 0.05) is 24.3 Å². The van der Waals surface area contributed by atoms with Gasteiger partial charge in [0.2, 0.25) is 5.91 Å². The van der Waals surface area contributed by atoms with Gasteiger partial charge < -0.3 is 20.7 Å². The fourth-order valence-electron chi connectivity index (χ4n) is 2.36. The van der Waals surface area contributed by atoms with Crippen LogP contribution >= 0.6 is 12.4 Å². The topological polar surface area (TPSA) is 84.7 Å². The van der Waals surface area contributed by atoms with Gasteiger partial charge in [0.05, 0.1) is 19.3 Å². The van der Waals surface area contributed by atoms with E-state index < -0.39 is 6.04 Å². The molecule has 0 radical (unpaired) electrons. The molecule has 6 nitrogen and oxygen atoms in total. The van der Waals surface area contributed by atoms with Crippen molar-refractivity contribution in [2.45, 2.75) is 25.8 Å². The van der Waals surface area contributed by atoms with Crippen LogP contribution in [0.2, 0.25) is 0 Å². The van der Waals surface area contributed by atoms with Crippen LogP contribution in [-0.4, -0.2) is 49.1 Å². The van der Waals surface area contributed by atoms with Crippen LogP contribution in [0.25, 0.3) is 0 Å². The average molecular weight is 342 g/mol. The van der Waals surface area contributed by atoms with Crippen LogP contribution in [0.3, 0.4) is 0 Å². The highest BCUT2D eigenvalue weighted by Gasteiger charge is 2.19. The van der Waals surface area contributed by atoms with Gasteiger partial charge in [-0.3, -0.25) is 9.59 Å². The number of nitrogens with one attached hydrogen (secondary N) is 1. The first kappa shape index (κ1) is 19.4. The van der Waals surface area contributed by atoms with E-state index in [0.717, 1.165) is 6.42 Å². The molecule has 23 heavy (non-hydrogen) atoms. The number of ether oxygens (including phenoxy) is 1. The number of rotatable bonds is 5. The number of morpholine rings is 1. The molecule has 0 aliphatic carbocycles. The van der Waals surface area contributed by atoms with Crippen molar-refractivity contribution in [3.05, 3.63) is 29.8 Å². The number of amides is 2. The molecule has 1 aromatic carbocycles. The molecule has 2 rings (SSSR count). The zero-order valence-corrected chi connectivity index (χ0v) is 14.1. The van der Waals surface area contributed by atoms with Crippen molar-refractivity contribution in [1.29, 1.82) is 0 Å². The first-order valence-electron chi connectivity index (χ1n) is 7.65. The summed E-state index contributed by atoms with van der Waals surface area (Å²) in [7, 11) is 0. The first-order valence-corrected chi connectivity index (χ1v) is 7.65.